The van der Waals surface area contributed by atoms with Crippen LogP contribution in [0, 0.1) is 12.7 Å². The quantitative estimate of drug-likeness (QED) is 0.900. The molecule has 1 N–H and O–H groups in total. The number of nitrogens with one attached hydrogen (secondary N) is 1. The predicted molar refractivity (Wildman–Crippen MR) is 73.0 cm³/mol. The third-order valence-corrected chi connectivity index (χ3v) is 3.83. The fraction of sp³-hybridized carbons (Fsp3) is 0.250. The molecule has 0 fully saturated rings. The van der Waals surface area contributed by atoms with Gasteiger partial charge in [-0.3, -0.25) is 0 Å². The lowest BCUT2D eigenvalue weighted by Crippen LogP contribution is -2.07. The Morgan fingerprint density at radius 3 is 2.82 bits per heavy atom. The van der Waals surface area contributed by atoms with E-state index in [4.69, 9.17) is 0 Å². The van der Waals surface area contributed by atoms with E-state index in [9.17, 15) is 4.39 Å². The van der Waals surface area contributed by atoms with Gasteiger partial charge >= 0.3 is 0 Å². The van der Waals surface area contributed by atoms with Gasteiger partial charge in [-0.25, -0.2) is 9.37 Å². The van der Waals surface area contributed by atoms with Crippen molar-refractivity contribution in [2.75, 3.05) is 5.32 Å². The summed E-state index contributed by atoms with van der Waals surface area (Å²) >= 11 is 4.96. The van der Waals surface area contributed by atoms with Crippen LogP contribution < -0.4 is 5.32 Å². The maximum Gasteiger partial charge on any atom is 0.124 e. The molecule has 1 atom stereocenters. The highest BCUT2D eigenvalue weighted by atomic mass is 79.9. The maximum absolute atomic E-state index is 12.9. The first-order valence-corrected chi connectivity index (χ1v) is 6.87. The molecule has 0 saturated carbocycles. The van der Waals surface area contributed by atoms with Crippen molar-refractivity contribution in [1.29, 1.82) is 0 Å². The fourth-order valence-electron chi connectivity index (χ4n) is 1.49. The zero-order chi connectivity index (χ0) is 12.4. The topological polar surface area (TPSA) is 24.9 Å². The van der Waals surface area contributed by atoms with Crippen molar-refractivity contribution in [2.24, 2.45) is 0 Å². The van der Waals surface area contributed by atoms with Crippen LogP contribution >= 0.6 is 27.3 Å². The van der Waals surface area contributed by atoms with Crippen LogP contribution in [0.1, 0.15) is 23.7 Å². The number of nitrogens with zero attached hydrogens (tertiary/aromatic N) is 1. The molecule has 17 heavy (non-hydrogen) atoms. The first kappa shape index (κ1) is 12.5. The number of hydrogen-bond acceptors (Lipinski definition) is 3. The van der Waals surface area contributed by atoms with Crippen molar-refractivity contribution in [3.63, 3.8) is 0 Å². The average molecular weight is 315 g/mol. The standard InChI is InChI=1S/C12H12BrFN2S/c1-7(12-6-17-8(2)16-12)15-11-4-3-9(14)5-10(11)13/h3-7,15H,1-2H3. The molecular weight excluding hydrogens is 303 g/mol. The van der Waals surface area contributed by atoms with Crippen LogP contribution in [0.15, 0.2) is 28.1 Å². The van der Waals surface area contributed by atoms with E-state index >= 15 is 0 Å². The van der Waals surface area contributed by atoms with Gasteiger partial charge in [0.15, 0.2) is 0 Å². The molecule has 5 heteroatoms. The molecule has 0 amide bonds. The molecule has 1 unspecified atom stereocenters. The molecule has 0 aliphatic rings. The minimum absolute atomic E-state index is 0.0988. The van der Waals surface area contributed by atoms with Crippen molar-refractivity contribution in [3.8, 4) is 0 Å². The summed E-state index contributed by atoms with van der Waals surface area (Å²) in [4.78, 5) is 4.42. The highest BCUT2D eigenvalue weighted by Crippen LogP contribution is 2.27. The van der Waals surface area contributed by atoms with Crippen molar-refractivity contribution in [1.82, 2.24) is 4.98 Å². The summed E-state index contributed by atoms with van der Waals surface area (Å²) in [6.07, 6.45) is 0. The molecule has 0 bridgehead atoms. The molecule has 1 aromatic carbocycles. The van der Waals surface area contributed by atoms with E-state index < -0.39 is 0 Å². The van der Waals surface area contributed by atoms with Gasteiger partial charge in [-0.1, -0.05) is 0 Å². The smallest absolute Gasteiger partial charge is 0.124 e. The lowest BCUT2D eigenvalue weighted by Gasteiger charge is -2.14. The van der Waals surface area contributed by atoms with E-state index in [1.165, 1.54) is 12.1 Å². The van der Waals surface area contributed by atoms with Gasteiger partial charge in [0, 0.05) is 15.5 Å². The van der Waals surface area contributed by atoms with Gasteiger partial charge in [0.25, 0.3) is 0 Å². The molecule has 0 aliphatic heterocycles. The van der Waals surface area contributed by atoms with Gasteiger partial charge in [-0.15, -0.1) is 11.3 Å². The van der Waals surface area contributed by atoms with Crippen LogP contribution in [0.5, 0.6) is 0 Å². The lowest BCUT2D eigenvalue weighted by atomic mass is 10.2. The van der Waals surface area contributed by atoms with E-state index in [0.29, 0.717) is 0 Å². The van der Waals surface area contributed by atoms with Crippen molar-refractivity contribution in [3.05, 3.63) is 44.6 Å². The molecule has 1 aromatic heterocycles. The molecular formula is C12H12BrFN2S. The van der Waals surface area contributed by atoms with Crippen LogP contribution in [-0.2, 0) is 0 Å². The van der Waals surface area contributed by atoms with Crippen molar-refractivity contribution < 1.29 is 4.39 Å². The minimum Gasteiger partial charge on any atom is -0.376 e. The summed E-state index contributed by atoms with van der Waals surface area (Å²) in [7, 11) is 0. The Morgan fingerprint density at radius 1 is 1.47 bits per heavy atom. The van der Waals surface area contributed by atoms with E-state index in [1.54, 1.807) is 17.4 Å². The summed E-state index contributed by atoms with van der Waals surface area (Å²) in [5.41, 5.74) is 1.87. The van der Waals surface area contributed by atoms with Crippen LogP contribution in [0.2, 0.25) is 0 Å². The second-order valence-electron chi connectivity index (χ2n) is 3.78. The molecule has 0 radical (unpaired) electrons. The first-order valence-electron chi connectivity index (χ1n) is 5.20. The monoisotopic (exact) mass is 314 g/mol. The molecule has 90 valence electrons. The molecule has 2 nitrogen and oxygen atoms in total. The van der Waals surface area contributed by atoms with Gasteiger partial charge in [0.05, 0.1) is 16.7 Å². The first-order chi connectivity index (χ1) is 8.06. The third-order valence-electron chi connectivity index (χ3n) is 2.38. The second-order valence-corrected chi connectivity index (χ2v) is 5.70. The molecule has 1 heterocycles. The van der Waals surface area contributed by atoms with E-state index in [0.717, 1.165) is 20.9 Å². The predicted octanol–water partition coefficient (Wildman–Crippen LogP) is 4.53. The van der Waals surface area contributed by atoms with Crippen LogP contribution in [-0.4, -0.2) is 4.98 Å². The summed E-state index contributed by atoms with van der Waals surface area (Å²) < 4.78 is 13.7. The number of thiazole rings is 1. The normalized spacial score (nSPS) is 12.5. The minimum atomic E-state index is -0.250. The van der Waals surface area contributed by atoms with E-state index in [2.05, 4.69) is 26.2 Å². The Labute approximate surface area is 112 Å². The summed E-state index contributed by atoms with van der Waals surface area (Å²) in [5, 5.41) is 6.38. The van der Waals surface area contributed by atoms with Gasteiger partial charge in [0.1, 0.15) is 5.82 Å². The van der Waals surface area contributed by atoms with Crippen molar-refractivity contribution in [2.45, 2.75) is 19.9 Å². The number of anilines is 1. The van der Waals surface area contributed by atoms with Crippen LogP contribution in [0.4, 0.5) is 10.1 Å². The number of aryl methyl sites for hydroxylation is 1. The number of halogens is 2. The van der Waals surface area contributed by atoms with Gasteiger partial charge in [-0.05, 0) is 48.0 Å². The number of aromatic nitrogens is 1. The second kappa shape index (κ2) is 5.14. The summed E-state index contributed by atoms with van der Waals surface area (Å²) in [6, 6.07) is 4.70. The maximum atomic E-state index is 12.9. The SMILES string of the molecule is Cc1nc(C(C)Nc2ccc(F)cc2Br)cs1. The van der Waals surface area contributed by atoms with Gasteiger partial charge < -0.3 is 5.32 Å². The Bertz CT molecular complexity index is 527. The molecule has 0 saturated heterocycles. The van der Waals surface area contributed by atoms with Crippen LogP contribution in [0.3, 0.4) is 0 Å². The third kappa shape index (κ3) is 3.04. The molecule has 2 rings (SSSR count). The molecule has 2 aromatic rings. The Balaban J connectivity index is 2.15. The summed E-state index contributed by atoms with van der Waals surface area (Å²) in [5.74, 6) is -0.250. The Hall–Kier alpha value is -0.940. The van der Waals surface area contributed by atoms with Crippen molar-refractivity contribution >= 4 is 33.0 Å². The number of benzene rings is 1. The van der Waals surface area contributed by atoms with Gasteiger partial charge in [-0.2, -0.15) is 0 Å². The molecule has 0 aliphatic carbocycles. The number of rotatable bonds is 3. The number of hydrogen-bond donors (Lipinski definition) is 1. The van der Waals surface area contributed by atoms with E-state index in [1.807, 2.05) is 19.2 Å². The van der Waals surface area contributed by atoms with Gasteiger partial charge in [0.2, 0.25) is 0 Å². The summed E-state index contributed by atoms with van der Waals surface area (Å²) in [6.45, 7) is 4.01. The van der Waals surface area contributed by atoms with Crippen LogP contribution in [0.25, 0.3) is 0 Å². The molecule has 0 spiro atoms. The Kier molecular flexibility index (Phi) is 3.79. The average Bonchev–Trinajstić information content (AvgIpc) is 2.69. The largest absolute Gasteiger partial charge is 0.376 e. The Morgan fingerprint density at radius 2 is 2.24 bits per heavy atom. The zero-order valence-electron chi connectivity index (χ0n) is 9.50. The highest BCUT2D eigenvalue weighted by molar-refractivity contribution is 9.10. The highest BCUT2D eigenvalue weighted by Gasteiger charge is 2.10. The zero-order valence-corrected chi connectivity index (χ0v) is 11.9. The van der Waals surface area contributed by atoms with E-state index in [-0.39, 0.29) is 11.9 Å². The lowest BCUT2D eigenvalue weighted by molar-refractivity contribution is 0.627. The fourth-order valence-corrected chi connectivity index (χ4v) is 2.66.